The first-order valence-corrected chi connectivity index (χ1v) is 6.56. The molecule has 5 nitrogen and oxygen atoms in total. The third-order valence-corrected chi connectivity index (χ3v) is 3.26. The minimum atomic E-state index is -0.526. The number of hydrogen-bond acceptors (Lipinski definition) is 3. The Morgan fingerprint density at radius 1 is 1.30 bits per heavy atom. The van der Waals surface area contributed by atoms with Crippen molar-refractivity contribution in [3.8, 4) is 5.75 Å². The molecule has 0 unspecified atom stereocenters. The molecule has 0 aliphatic carbocycles. The van der Waals surface area contributed by atoms with Gasteiger partial charge in [-0.3, -0.25) is 9.59 Å². The number of hydrogen-bond donors (Lipinski definition) is 2. The Hall–Kier alpha value is -2.04. The van der Waals surface area contributed by atoms with E-state index in [1.165, 1.54) is 4.90 Å². The Bertz CT molecular complexity index is 489. The summed E-state index contributed by atoms with van der Waals surface area (Å²) >= 11 is 0. The number of amides is 2. The fraction of sp³-hybridized carbons (Fsp3) is 0.467. The molecule has 2 amide bonds. The minimum absolute atomic E-state index is 0.00417. The van der Waals surface area contributed by atoms with Crippen LogP contribution in [-0.4, -0.2) is 35.4 Å². The summed E-state index contributed by atoms with van der Waals surface area (Å²) in [6, 6.07) is 2.89. The van der Waals surface area contributed by atoms with E-state index in [0.29, 0.717) is 23.2 Å². The van der Waals surface area contributed by atoms with E-state index >= 15 is 0 Å². The van der Waals surface area contributed by atoms with Crippen LogP contribution < -0.4 is 5.32 Å². The van der Waals surface area contributed by atoms with Crippen LogP contribution in [0.4, 0.5) is 5.69 Å². The van der Waals surface area contributed by atoms with E-state index in [2.05, 4.69) is 5.32 Å². The third kappa shape index (κ3) is 3.50. The lowest BCUT2D eigenvalue weighted by molar-refractivity contribution is -0.130. The molecule has 1 atom stereocenters. The number of aromatic hydroxyl groups is 1. The van der Waals surface area contributed by atoms with E-state index in [9.17, 15) is 14.7 Å². The summed E-state index contributed by atoms with van der Waals surface area (Å²) < 4.78 is 0. The lowest BCUT2D eigenvalue weighted by atomic mass is 10.0. The summed E-state index contributed by atoms with van der Waals surface area (Å²) in [4.78, 5) is 24.5. The second-order valence-electron chi connectivity index (χ2n) is 5.41. The molecule has 2 N–H and O–H groups in total. The van der Waals surface area contributed by atoms with Crippen LogP contribution in [0.25, 0.3) is 0 Å². The highest BCUT2D eigenvalue weighted by atomic mass is 16.3. The van der Waals surface area contributed by atoms with Gasteiger partial charge in [0.15, 0.2) is 0 Å². The van der Waals surface area contributed by atoms with E-state index in [4.69, 9.17) is 0 Å². The Balaban J connectivity index is 2.97. The van der Waals surface area contributed by atoms with Gasteiger partial charge in [-0.25, -0.2) is 0 Å². The van der Waals surface area contributed by atoms with Crippen molar-refractivity contribution in [2.24, 2.45) is 5.92 Å². The molecule has 1 aromatic rings. The topological polar surface area (TPSA) is 69.6 Å². The highest BCUT2D eigenvalue weighted by Crippen LogP contribution is 2.26. The van der Waals surface area contributed by atoms with Gasteiger partial charge < -0.3 is 15.3 Å². The molecule has 20 heavy (non-hydrogen) atoms. The summed E-state index contributed by atoms with van der Waals surface area (Å²) in [6.45, 7) is 7.32. The van der Waals surface area contributed by atoms with Gasteiger partial charge in [-0.05, 0) is 43.0 Å². The molecule has 0 aromatic heterocycles. The van der Waals surface area contributed by atoms with Crippen LogP contribution in [0, 0.1) is 19.8 Å². The standard InChI is InChI=1S/C15H22N2O3/c1-9(2)13(17(5)8-18)15(20)16-12-6-10(3)14(19)11(4)7-12/h6-9,13,19H,1-5H3,(H,16,20)/t13-/m0/s1. The van der Waals surface area contributed by atoms with Gasteiger partial charge in [-0.2, -0.15) is 0 Å². The van der Waals surface area contributed by atoms with Crippen molar-refractivity contribution in [2.75, 3.05) is 12.4 Å². The number of carbonyl (C=O) groups excluding carboxylic acids is 2. The number of aryl methyl sites for hydroxylation is 2. The highest BCUT2D eigenvalue weighted by Gasteiger charge is 2.26. The zero-order chi connectivity index (χ0) is 15.4. The smallest absolute Gasteiger partial charge is 0.247 e. The van der Waals surface area contributed by atoms with Crippen molar-refractivity contribution in [1.29, 1.82) is 0 Å². The van der Waals surface area contributed by atoms with Gasteiger partial charge in [0.05, 0.1) is 0 Å². The first kappa shape index (κ1) is 16.0. The minimum Gasteiger partial charge on any atom is -0.507 e. The lowest BCUT2D eigenvalue weighted by Gasteiger charge is -2.27. The Labute approximate surface area is 119 Å². The summed E-state index contributed by atoms with van der Waals surface area (Å²) in [5.41, 5.74) is 2.02. The second-order valence-corrected chi connectivity index (χ2v) is 5.41. The van der Waals surface area contributed by atoms with Crippen LogP contribution in [0.15, 0.2) is 12.1 Å². The number of phenolic OH excluding ortho intramolecular Hbond substituents is 1. The molecular weight excluding hydrogens is 256 g/mol. The second kappa shape index (κ2) is 6.41. The quantitative estimate of drug-likeness (QED) is 0.640. The number of rotatable bonds is 5. The Morgan fingerprint density at radius 2 is 1.80 bits per heavy atom. The molecule has 0 heterocycles. The van der Waals surface area contributed by atoms with Crippen molar-refractivity contribution in [3.05, 3.63) is 23.3 Å². The predicted molar refractivity (Wildman–Crippen MR) is 78.7 cm³/mol. The van der Waals surface area contributed by atoms with Gasteiger partial charge in [0.1, 0.15) is 11.8 Å². The van der Waals surface area contributed by atoms with Crippen LogP contribution in [0.2, 0.25) is 0 Å². The molecule has 0 radical (unpaired) electrons. The summed E-state index contributed by atoms with van der Waals surface area (Å²) in [7, 11) is 1.59. The maximum absolute atomic E-state index is 12.3. The van der Waals surface area contributed by atoms with Crippen LogP contribution in [-0.2, 0) is 9.59 Å². The van der Waals surface area contributed by atoms with Crippen molar-refractivity contribution in [3.63, 3.8) is 0 Å². The maximum Gasteiger partial charge on any atom is 0.247 e. The van der Waals surface area contributed by atoms with Crippen molar-refractivity contribution < 1.29 is 14.7 Å². The lowest BCUT2D eigenvalue weighted by Crippen LogP contribution is -2.44. The average molecular weight is 278 g/mol. The van der Waals surface area contributed by atoms with Crippen LogP contribution >= 0.6 is 0 Å². The first-order valence-electron chi connectivity index (χ1n) is 6.56. The molecule has 0 aliphatic rings. The zero-order valence-electron chi connectivity index (χ0n) is 12.6. The van der Waals surface area contributed by atoms with E-state index in [1.54, 1.807) is 33.0 Å². The number of phenols is 1. The van der Waals surface area contributed by atoms with Gasteiger partial charge in [0.25, 0.3) is 0 Å². The Kier molecular flexibility index (Phi) is 5.13. The largest absolute Gasteiger partial charge is 0.507 e. The highest BCUT2D eigenvalue weighted by molar-refractivity contribution is 5.96. The fourth-order valence-corrected chi connectivity index (χ4v) is 2.27. The molecule has 5 heteroatoms. The normalized spacial score (nSPS) is 12.1. The molecule has 1 aromatic carbocycles. The van der Waals surface area contributed by atoms with Crippen LogP contribution in [0.3, 0.4) is 0 Å². The van der Waals surface area contributed by atoms with E-state index in [-0.39, 0.29) is 17.6 Å². The van der Waals surface area contributed by atoms with Gasteiger partial charge >= 0.3 is 0 Å². The van der Waals surface area contributed by atoms with Crippen LogP contribution in [0.1, 0.15) is 25.0 Å². The van der Waals surface area contributed by atoms with Crippen molar-refractivity contribution in [2.45, 2.75) is 33.7 Å². The number of carbonyl (C=O) groups is 2. The Morgan fingerprint density at radius 3 is 2.20 bits per heavy atom. The van der Waals surface area contributed by atoms with E-state index in [1.807, 2.05) is 13.8 Å². The molecule has 0 saturated carbocycles. The summed E-state index contributed by atoms with van der Waals surface area (Å²) in [5.74, 6) is -0.00276. The number of likely N-dealkylation sites (N-methyl/N-ethyl adjacent to an activating group) is 1. The molecule has 0 aliphatic heterocycles. The molecular formula is C15H22N2O3. The van der Waals surface area contributed by atoms with Gasteiger partial charge in [-0.1, -0.05) is 13.8 Å². The number of benzene rings is 1. The maximum atomic E-state index is 12.3. The molecule has 0 spiro atoms. The van der Waals surface area contributed by atoms with Crippen molar-refractivity contribution >= 4 is 18.0 Å². The fourth-order valence-electron chi connectivity index (χ4n) is 2.27. The molecule has 110 valence electrons. The predicted octanol–water partition coefficient (Wildman–Crippen LogP) is 2.06. The zero-order valence-corrected chi connectivity index (χ0v) is 12.6. The van der Waals surface area contributed by atoms with Gasteiger partial charge in [-0.15, -0.1) is 0 Å². The average Bonchev–Trinajstić information content (AvgIpc) is 2.35. The van der Waals surface area contributed by atoms with Crippen molar-refractivity contribution in [1.82, 2.24) is 4.90 Å². The SMILES string of the molecule is Cc1cc(NC(=O)[C@H](C(C)C)N(C)C=O)cc(C)c1O. The van der Waals surface area contributed by atoms with Gasteiger partial charge in [0, 0.05) is 12.7 Å². The molecule has 1 rings (SSSR count). The number of nitrogens with zero attached hydrogens (tertiary/aromatic N) is 1. The molecule has 0 saturated heterocycles. The van der Waals surface area contributed by atoms with E-state index < -0.39 is 6.04 Å². The van der Waals surface area contributed by atoms with E-state index in [0.717, 1.165) is 0 Å². The molecule has 0 bridgehead atoms. The summed E-state index contributed by atoms with van der Waals surface area (Å²) in [6.07, 6.45) is 0.650. The molecule has 0 fully saturated rings. The van der Waals surface area contributed by atoms with Crippen LogP contribution in [0.5, 0.6) is 5.75 Å². The number of anilines is 1. The summed E-state index contributed by atoms with van der Waals surface area (Å²) in [5, 5.41) is 12.5. The first-order chi connectivity index (χ1) is 9.27. The van der Waals surface area contributed by atoms with Gasteiger partial charge in [0.2, 0.25) is 12.3 Å². The third-order valence-electron chi connectivity index (χ3n) is 3.26. The number of nitrogens with one attached hydrogen (secondary N) is 1. The monoisotopic (exact) mass is 278 g/mol.